The molecule has 4 rings (SSSR count). The van der Waals surface area contributed by atoms with Crippen LogP contribution in [-0.4, -0.2) is 23.8 Å². The zero-order chi connectivity index (χ0) is 25.5. The molecule has 1 amide bonds. The van der Waals surface area contributed by atoms with Crippen molar-refractivity contribution >= 4 is 35.0 Å². The second-order valence-corrected chi connectivity index (χ2v) is 9.54. The molecule has 5 nitrogen and oxygen atoms in total. The number of anilines is 1. The fourth-order valence-corrected chi connectivity index (χ4v) is 4.75. The monoisotopic (exact) mass is 513 g/mol. The third-order valence-electron chi connectivity index (χ3n) is 5.59. The number of aryl methyl sites for hydroxylation is 1. The van der Waals surface area contributed by atoms with Gasteiger partial charge in [-0.2, -0.15) is 5.26 Å². The number of ether oxygens (including phenoxy) is 1. The van der Waals surface area contributed by atoms with Gasteiger partial charge < -0.3 is 10.1 Å². The first kappa shape index (κ1) is 25.3. The predicted molar refractivity (Wildman–Crippen MR) is 147 cm³/mol. The average molecular weight is 514 g/mol. The number of rotatable bonds is 8. The summed E-state index contributed by atoms with van der Waals surface area (Å²) in [6, 6.07) is 27.1. The van der Waals surface area contributed by atoms with E-state index in [9.17, 15) is 10.1 Å². The maximum atomic E-state index is 12.5. The van der Waals surface area contributed by atoms with Crippen molar-refractivity contribution in [1.82, 2.24) is 4.98 Å². The highest BCUT2D eigenvalue weighted by atomic mass is 35.5. The highest BCUT2D eigenvalue weighted by Crippen LogP contribution is 2.35. The van der Waals surface area contributed by atoms with Crippen LogP contribution < -0.4 is 10.1 Å². The Bertz CT molecular complexity index is 1420. The number of hydrogen-bond donors (Lipinski definition) is 1. The number of nitrogens with one attached hydrogen (secondary N) is 1. The second-order valence-electron chi connectivity index (χ2n) is 8.05. The Balaban J connectivity index is 1.59. The minimum absolute atomic E-state index is 0.129. The zero-order valence-corrected chi connectivity index (χ0v) is 21.5. The fraction of sp³-hybridized carbons (Fsp3) is 0.138. The predicted octanol–water partition coefficient (Wildman–Crippen LogP) is 7.38. The van der Waals surface area contributed by atoms with Crippen LogP contribution in [0.3, 0.4) is 0 Å². The topological polar surface area (TPSA) is 75.0 Å². The van der Waals surface area contributed by atoms with E-state index >= 15 is 0 Å². The van der Waals surface area contributed by atoms with Gasteiger partial charge in [0, 0.05) is 34.0 Å². The third kappa shape index (κ3) is 6.06. The molecule has 0 aliphatic carbocycles. The van der Waals surface area contributed by atoms with Gasteiger partial charge in [0.25, 0.3) is 0 Å². The van der Waals surface area contributed by atoms with E-state index < -0.39 is 0 Å². The minimum atomic E-state index is -0.129. The van der Waals surface area contributed by atoms with Crippen molar-refractivity contribution in [2.45, 2.75) is 18.4 Å². The highest BCUT2D eigenvalue weighted by molar-refractivity contribution is 7.99. The molecule has 0 aliphatic rings. The van der Waals surface area contributed by atoms with Gasteiger partial charge in [0.15, 0.2) is 0 Å². The number of carbonyl (C=O) groups is 1. The number of pyridine rings is 1. The Labute approximate surface area is 220 Å². The molecule has 1 aromatic heterocycles. The van der Waals surface area contributed by atoms with Crippen LogP contribution in [0.4, 0.5) is 5.69 Å². The van der Waals surface area contributed by atoms with Crippen LogP contribution in [-0.2, 0) is 4.79 Å². The first-order valence-electron chi connectivity index (χ1n) is 11.3. The molecular formula is C29H24ClN3O2S. The van der Waals surface area contributed by atoms with Crippen molar-refractivity contribution in [1.29, 1.82) is 5.26 Å². The van der Waals surface area contributed by atoms with Crippen molar-refractivity contribution in [3.63, 3.8) is 0 Å². The van der Waals surface area contributed by atoms with E-state index in [1.54, 1.807) is 13.2 Å². The Morgan fingerprint density at radius 3 is 2.47 bits per heavy atom. The largest absolute Gasteiger partial charge is 0.497 e. The normalized spacial score (nSPS) is 10.5. The van der Waals surface area contributed by atoms with E-state index in [1.807, 2.05) is 79.7 Å². The van der Waals surface area contributed by atoms with Crippen LogP contribution in [0.15, 0.2) is 83.9 Å². The van der Waals surface area contributed by atoms with Crippen molar-refractivity contribution < 1.29 is 9.53 Å². The second kappa shape index (κ2) is 11.8. The van der Waals surface area contributed by atoms with Crippen molar-refractivity contribution in [2.75, 3.05) is 18.2 Å². The smallest absolute Gasteiger partial charge is 0.225 e. The maximum absolute atomic E-state index is 12.5. The molecule has 0 aliphatic heterocycles. The summed E-state index contributed by atoms with van der Waals surface area (Å²) in [7, 11) is 1.62. The molecule has 1 heterocycles. The molecule has 0 spiro atoms. The first-order valence-corrected chi connectivity index (χ1v) is 12.7. The van der Waals surface area contributed by atoms with Gasteiger partial charge in [0.2, 0.25) is 5.91 Å². The maximum Gasteiger partial charge on any atom is 0.225 e. The highest BCUT2D eigenvalue weighted by Gasteiger charge is 2.16. The molecule has 0 atom stereocenters. The lowest BCUT2D eigenvalue weighted by molar-refractivity contribution is -0.115. The quantitative estimate of drug-likeness (QED) is 0.249. The van der Waals surface area contributed by atoms with Crippen LogP contribution >= 0.6 is 23.4 Å². The number of hydrogen-bond acceptors (Lipinski definition) is 5. The van der Waals surface area contributed by atoms with Gasteiger partial charge in [-0.1, -0.05) is 60.1 Å². The van der Waals surface area contributed by atoms with E-state index in [-0.39, 0.29) is 12.3 Å². The number of nitrogens with zero attached hydrogens (tertiary/aromatic N) is 2. The lowest BCUT2D eigenvalue weighted by Gasteiger charge is -2.13. The molecule has 3 aromatic carbocycles. The number of halogens is 1. The number of amides is 1. The number of methoxy groups -OCH3 is 1. The van der Waals surface area contributed by atoms with Gasteiger partial charge >= 0.3 is 0 Å². The molecule has 0 saturated carbocycles. The molecule has 0 bridgehead atoms. The van der Waals surface area contributed by atoms with Crippen molar-refractivity contribution in [3.05, 3.63) is 95.0 Å². The third-order valence-corrected chi connectivity index (χ3v) is 6.98. The summed E-state index contributed by atoms with van der Waals surface area (Å²) >= 11 is 7.56. The summed E-state index contributed by atoms with van der Waals surface area (Å²) in [6.45, 7) is 1.91. The van der Waals surface area contributed by atoms with Gasteiger partial charge in [-0.3, -0.25) is 4.79 Å². The Morgan fingerprint density at radius 1 is 1.06 bits per heavy atom. The molecule has 180 valence electrons. The van der Waals surface area contributed by atoms with Crippen molar-refractivity contribution in [3.8, 4) is 34.2 Å². The van der Waals surface area contributed by atoms with E-state index in [4.69, 9.17) is 21.3 Å². The van der Waals surface area contributed by atoms with E-state index in [1.165, 1.54) is 11.8 Å². The van der Waals surface area contributed by atoms with Crippen molar-refractivity contribution in [2.24, 2.45) is 0 Å². The molecular weight excluding hydrogens is 490 g/mol. The summed E-state index contributed by atoms with van der Waals surface area (Å²) in [5.74, 6) is 1.08. The van der Waals surface area contributed by atoms with E-state index in [2.05, 4.69) is 11.4 Å². The van der Waals surface area contributed by atoms with Crippen LogP contribution in [0.25, 0.3) is 22.4 Å². The summed E-state index contributed by atoms with van der Waals surface area (Å²) in [5, 5.41) is 14.1. The van der Waals surface area contributed by atoms with Gasteiger partial charge in [0.1, 0.15) is 16.8 Å². The molecule has 0 fully saturated rings. The molecule has 1 N–H and O–H groups in total. The number of thioether (sulfide) groups is 1. The molecule has 7 heteroatoms. The first-order chi connectivity index (χ1) is 17.5. The van der Waals surface area contributed by atoms with Gasteiger partial charge in [-0.15, -0.1) is 11.8 Å². The minimum Gasteiger partial charge on any atom is -0.497 e. The standard InChI is InChI=1S/C29H24ClN3O2S/c1-19-8-11-22(16-26(19)30)32-28(34)14-15-36-29-25(18-31)24(20-9-12-23(35-2)13-10-20)17-27(33-29)21-6-4-3-5-7-21/h3-13,16-17H,14-15H2,1-2H3,(H,32,34). The lowest BCUT2D eigenvalue weighted by Crippen LogP contribution is -2.12. The summed E-state index contributed by atoms with van der Waals surface area (Å²) in [4.78, 5) is 17.3. The van der Waals surface area contributed by atoms with Crippen LogP contribution in [0, 0.1) is 18.3 Å². The van der Waals surface area contributed by atoms with Gasteiger partial charge in [-0.05, 0) is 48.4 Å². The fourth-order valence-electron chi connectivity index (χ4n) is 3.62. The Morgan fingerprint density at radius 2 is 1.81 bits per heavy atom. The Hall–Kier alpha value is -3.79. The van der Waals surface area contributed by atoms with Gasteiger partial charge in [-0.25, -0.2) is 4.98 Å². The average Bonchev–Trinajstić information content (AvgIpc) is 2.91. The summed E-state index contributed by atoms with van der Waals surface area (Å²) in [5.41, 5.74) is 5.48. The summed E-state index contributed by atoms with van der Waals surface area (Å²) < 4.78 is 5.28. The SMILES string of the molecule is COc1ccc(-c2cc(-c3ccccc3)nc(SCCC(=O)Nc3ccc(C)c(Cl)c3)c2C#N)cc1. The van der Waals surface area contributed by atoms with Gasteiger partial charge in [0.05, 0.1) is 18.4 Å². The zero-order valence-electron chi connectivity index (χ0n) is 19.9. The number of nitriles is 1. The molecule has 0 unspecified atom stereocenters. The molecule has 4 aromatic rings. The molecule has 0 saturated heterocycles. The van der Waals surface area contributed by atoms with E-state index in [0.29, 0.717) is 27.1 Å². The van der Waals surface area contributed by atoms with Crippen LogP contribution in [0.5, 0.6) is 5.75 Å². The number of carbonyl (C=O) groups excluding carboxylic acids is 1. The van der Waals surface area contributed by atoms with E-state index in [0.717, 1.165) is 33.7 Å². The molecule has 36 heavy (non-hydrogen) atoms. The van der Waals surface area contributed by atoms with Crippen LogP contribution in [0.1, 0.15) is 17.5 Å². The number of aromatic nitrogens is 1. The molecule has 0 radical (unpaired) electrons. The summed E-state index contributed by atoms with van der Waals surface area (Å²) in [6.07, 6.45) is 0.260. The number of benzene rings is 3. The lowest BCUT2D eigenvalue weighted by atomic mass is 9.99. The van der Waals surface area contributed by atoms with Crippen LogP contribution in [0.2, 0.25) is 5.02 Å². The Kier molecular flexibility index (Phi) is 8.27.